The standard InChI is InChI=1S/C20H17ClN4O3S2/c21-12-4-3-5-13(8-12)25-17-11-30(27,28)10-16(17)23-20(25)29-9-18-22-15-7-2-1-6-14(15)19(26)24-18/h1-8,16-17H,9-11H2,(H,22,24,26)/t16-,17+/m0/s1. The van der Waals surface area contributed by atoms with Crippen molar-refractivity contribution in [3.63, 3.8) is 0 Å². The number of hydrogen-bond donors (Lipinski definition) is 1. The molecule has 1 aromatic heterocycles. The number of hydrogen-bond acceptors (Lipinski definition) is 7. The highest BCUT2D eigenvalue weighted by molar-refractivity contribution is 8.13. The lowest BCUT2D eigenvalue weighted by molar-refractivity contribution is 0.601. The van der Waals surface area contributed by atoms with Crippen molar-refractivity contribution in [3.8, 4) is 0 Å². The van der Waals surface area contributed by atoms with Gasteiger partial charge in [-0.3, -0.25) is 9.79 Å². The van der Waals surface area contributed by atoms with Crippen LogP contribution in [0.1, 0.15) is 5.82 Å². The number of nitrogens with one attached hydrogen (secondary N) is 1. The molecule has 0 bridgehead atoms. The molecule has 3 heterocycles. The number of fused-ring (bicyclic) bond motifs is 2. The number of H-pyrrole nitrogens is 1. The maximum Gasteiger partial charge on any atom is 0.258 e. The van der Waals surface area contributed by atoms with Crippen LogP contribution in [-0.2, 0) is 15.6 Å². The first-order valence-electron chi connectivity index (χ1n) is 9.33. The van der Waals surface area contributed by atoms with Crippen LogP contribution in [-0.4, -0.2) is 47.1 Å². The normalized spacial score (nSPS) is 22.3. The van der Waals surface area contributed by atoms with Crippen LogP contribution in [0.15, 0.2) is 58.3 Å². The molecule has 0 unspecified atom stereocenters. The largest absolute Gasteiger partial charge is 0.315 e. The minimum absolute atomic E-state index is 0.0455. The van der Waals surface area contributed by atoms with E-state index in [9.17, 15) is 13.2 Å². The molecule has 0 radical (unpaired) electrons. The molecular formula is C20H17ClN4O3S2. The van der Waals surface area contributed by atoms with Crippen LogP contribution < -0.4 is 10.5 Å². The lowest BCUT2D eigenvalue weighted by atomic mass is 10.1. The van der Waals surface area contributed by atoms with Crippen molar-refractivity contribution in [1.29, 1.82) is 0 Å². The van der Waals surface area contributed by atoms with E-state index in [4.69, 9.17) is 16.6 Å². The second-order valence-corrected chi connectivity index (χ2v) is 10.8. The van der Waals surface area contributed by atoms with E-state index in [-0.39, 0.29) is 29.1 Å². The van der Waals surface area contributed by atoms with Gasteiger partial charge < -0.3 is 9.88 Å². The van der Waals surface area contributed by atoms with E-state index in [2.05, 4.69) is 9.97 Å². The summed E-state index contributed by atoms with van der Waals surface area (Å²) in [6.07, 6.45) is 0. The Hall–Kier alpha value is -2.36. The number of thioether (sulfide) groups is 1. The third-order valence-corrected chi connectivity index (χ3v) is 8.11. The van der Waals surface area contributed by atoms with Crippen molar-refractivity contribution in [2.45, 2.75) is 17.8 Å². The summed E-state index contributed by atoms with van der Waals surface area (Å²) in [7, 11) is -3.13. The minimum Gasteiger partial charge on any atom is -0.315 e. The molecule has 0 amide bonds. The van der Waals surface area contributed by atoms with Crippen molar-refractivity contribution in [2.75, 3.05) is 16.4 Å². The van der Waals surface area contributed by atoms with Gasteiger partial charge in [0.25, 0.3) is 5.56 Å². The van der Waals surface area contributed by atoms with E-state index in [0.717, 1.165) is 5.69 Å². The van der Waals surface area contributed by atoms with Gasteiger partial charge in [-0.05, 0) is 30.3 Å². The van der Waals surface area contributed by atoms with Crippen LogP contribution in [0.2, 0.25) is 5.02 Å². The van der Waals surface area contributed by atoms with Crippen LogP contribution in [0.4, 0.5) is 5.69 Å². The highest BCUT2D eigenvalue weighted by Gasteiger charge is 2.47. The zero-order valence-electron chi connectivity index (χ0n) is 15.7. The fourth-order valence-corrected chi connectivity index (χ4v) is 6.92. The molecule has 0 aliphatic carbocycles. The number of sulfone groups is 1. The molecule has 1 saturated heterocycles. The Morgan fingerprint density at radius 1 is 1.17 bits per heavy atom. The van der Waals surface area contributed by atoms with Crippen molar-refractivity contribution in [1.82, 2.24) is 9.97 Å². The van der Waals surface area contributed by atoms with Crippen molar-refractivity contribution < 1.29 is 8.42 Å². The van der Waals surface area contributed by atoms with Crippen LogP contribution >= 0.6 is 23.4 Å². The van der Waals surface area contributed by atoms with Crippen LogP contribution in [0, 0.1) is 0 Å². The molecule has 10 heteroatoms. The molecule has 154 valence electrons. The highest BCUT2D eigenvalue weighted by Crippen LogP contribution is 2.36. The topological polar surface area (TPSA) is 95.5 Å². The van der Waals surface area contributed by atoms with Gasteiger partial charge in [-0.2, -0.15) is 0 Å². The number of para-hydroxylation sites is 1. The summed E-state index contributed by atoms with van der Waals surface area (Å²) in [5.74, 6) is 1.05. The average molecular weight is 461 g/mol. The van der Waals surface area contributed by atoms with Crippen molar-refractivity contribution in [2.24, 2.45) is 4.99 Å². The second-order valence-electron chi connectivity index (χ2n) is 7.29. The third-order valence-electron chi connectivity index (χ3n) is 5.19. The smallest absolute Gasteiger partial charge is 0.258 e. The zero-order chi connectivity index (χ0) is 20.9. The predicted molar refractivity (Wildman–Crippen MR) is 121 cm³/mol. The van der Waals surface area contributed by atoms with Gasteiger partial charge in [0.05, 0.1) is 40.2 Å². The number of amidine groups is 1. The first kappa shape index (κ1) is 19.6. The Bertz CT molecular complexity index is 1340. The van der Waals surface area contributed by atoms with Gasteiger partial charge in [0.15, 0.2) is 15.0 Å². The lowest BCUT2D eigenvalue weighted by Crippen LogP contribution is -2.39. The molecule has 2 aromatic carbocycles. The Labute approximate surface area is 182 Å². The molecule has 0 spiro atoms. The highest BCUT2D eigenvalue weighted by atomic mass is 35.5. The molecule has 2 atom stereocenters. The van der Waals surface area contributed by atoms with Gasteiger partial charge in [0.2, 0.25) is 0 Å². The predicted octanol–water partition coefficient (Wildman–Crippen LogP) is 2.85. The first-order valence-corrected chi connectivity index (χ1v) is 12.5. The van der Waals surface area contributed by atoms with Crippen LogP contribution in [0.25, 0.3) is 10.9 Å². The van der Waals surface area contributed by atoms with E-state index >= 15 is 0 Å². The summed E-state index contributed by atoms with van der Waals surface area (Å²) in [5.41, 5.74) is 1.26. The molecule has 1 fully saturated rings. The first-order chi connectivity index (χ1) is 14.4. The maximum absolute atomic E-state index is 12.3. The van der Waals surface area contributed by atoms with Gasteiger partial charge in [-0.1, -0.05) is 41.6 Å². The van der Waals surface area contributed by atoms with Gasteiger partial charge in [-0.15, -0.1) is 0 Å². The number of rotatable bonds is 3. The van der Waals surface area contributed by atoms with Crippen molar-refractivity contribution in [3.05, 3.63) is 69.7 Å². The Morgan fingerprint density at radius 3 is 2.83 bits per heavy atom. The summed E-state index contributed by atoms with van der Waals surface area (Å²) < 4.78 is 24.3. The van der Waals surface area contributed by atoms with E-state index in [1.807, 2.05) is 23.1 Å². The summed E-state index contributed by atoms with van der Waals surface area (Å²) in [4.78, 5) is 26.3. The minimum atomic E-state index is -3.13. The lowest BCUT2D eigenvalue weighted by Gasteiger charge is -2.26. The van der Waals surface area contributed by atoms with Crippen molar-refractivity contribution >= 4 is 55.0 Å². The van der Waals surface area contributed by atoms with Crippen LogP contribution in [0.3, 0.4) is 0 Å². The van der Waals surface area contributed by atoms with Gasteiger partial charge in [0.1, 0.15) is 5.82 Å². The molecule has 30 heavy (non-hydrogen) atoms. The van der Waals surface area contributed by atoms with E-state index in [1.54, 1.807) is 30.3 Å². The van der Waals surface area contributed by atoms with Crippen LogP contribution in [0.5, 0.6) is 0 Å². The number of halogens is 1. The zero-order valence-corrected chi connectivity index (χ0v) is 18.0. The molecule has 7 nitrogen and oxygen atoms in total. The fourth-order valence-electron chi connectivity index (χ4n) is 3.90. The van der Waals surface area contributed by atoms with Gasteiger partial charge in [0, 0.05) is 10.7 Å². The molecule has 1 N–H and O–H groups in total. The van der Waals surface area contributed by atoms with Gasteiger partial charge >= 0.3 is 0 Å². The molecule has 2 aliphatic rings. The number of nitrogens with zero attached hydrogens (tertiary/aromatic N) is 3. The Morgan fingerprint density at radius 2 is 2.00 bits per heavy atom. The third kappa shape index (κ3) is 3.61. The molecular weight excluding hydrogens is 444 g/mol. The number of aliphatic imine (C=N–C) groups is 1. The van der Waals surface area contributed by atoms with E-state index in [1.165, 1.54) is 11.8 Å². The quantitative estimate of drug-likeness (QED) is 0.645. The number of anilines is 1. The number of aromatic amines is 1. The van der Waals surface area contributed by atoms with Gasteiger partial charge in [-0.25, -0.2) is 13.4 Å². The molecule has 2 aliphatic heterocycles. The Kier molecular flexibility index (Phi) is 4.83. The van der Waals surface area contributed by atoms with E-state index < -0.39 is 9.84 Å². The molecule has 3 aromatic rings. The summed E-state index contributed by atoms with van der Waals surface area (Å²) in [6, 6.07) is 13.9. The molecule has 5 rings (SSSR count). The summed E-state index contributed by atoms with van der Waals surface area (Å²) >= 11 is 7.60. The number of benzene rings is 2. The fraction of sp³-hybridized carbons (Fsp3) is 0.250. The Balaban J connectivity index is 1.46. The van der Waals surface area contributed by atoms with E-state index in [0.29, 0.717) is 32.7 Å². The SMILES string of the molecule is O=c1[nH]c(CSC2=N[C@H]3CS(=O)(=O)C[C@H]3N2c2cccc(Cl)c2)nc2ccccc12. The number of aromatic nitrogens is 2. The maximum atomic E-state index is 12.3. The second kappa shape index (κ2) is 7.40. The summed E-state index contributed by atoms with van der Waals surface area (Å²) in [6.45, 7) is 0. The average Bonchev–Trinajstić information content (AvgIpc) is 3.17. The monoisotopic (exact) mass is 460 g/mol. The molecule has 0 saturated carbocycles. The summed E-state index contributed by atoms with van der Waals surface area (Å²) in [5, 5.41) is 1.82.